The van der Waals surface area contributed by atoms with Crippen molar-refractivity contribution in [1.82, 2.24) is 0 Å². The molecule has 0 aromatic rings. The molecule has 0 N–H and O–H groups in total. The third kappa shape index (κ3) is 0.995. The van der Waals surface area contributed by atoms with Gasteiger partial charge < -0.3 is 0 Å². The third-order valence-electron chi connectivity index (χ3n) is 1.58. The van der Waals surface area contributed by atoms with Gasteiger partial charge in [0.05, 0.1) is 4.16 Å². The molecule has 0 aromatic heterocycles. The summed E-state index contributed by atoms with van der Waals surface area (Å²) < 4.78 is 0.498. The molecular formula is C8H7BrS. The zero-order valence-corrected chi connectivity index (χ0v) is 8.00. The molecule has 0 aromatic carbocycles. The smallest absolute Gasteiger partial charge is 0.0836 e. The molecule has 0 radical (unpaired) electrons. The Labute approximate surface area is 73.2 Å². The maximum absolute atomic E-state index is 3.53. The lowest BCUT2D eigenvalue weighted by Crippen LogP contribution is -1.73. The van der Waals surface area contributed by atoms with Gasteiger partial charge in [0.25, 0.3) is 0 Å². The van der Waals surface area contributed by atoms with E-state index in [0.29, 0.717) is 4.16 Å². The Hall–Kier alpha value is 0.0500. The Morgan fingerprint density at radius 1 is 1.50 bits per heavy atom. The molecule has 2 aliphatic rings. The SMILES string of the molecule is CC1=CC2=CC(Br)SC2=C1. The average Bonchev–Trinajstić information content (AvgIpc) is 2.21. The fourth-order valence-corrected chi connectivity index (χ4v) is 3.04. The van der Waals surface area contributed by atoms with Crippen LogP contribution < -0.4 is 0 Å². The van der Waals surface area contributed by atoms with Gasteiger partial charge >= 0.3 is 0 Å². The summed E-state index contributed by atoms with van der Waals surface area (Å²) in [7, 11) is 0. The fraction of sp³-hybridized carbons (Fsp3) is 0.250. The fourth-order valence-electron chi connectivity index (χ4n) is 1.18. The monoisotopic (exact) mass is 214 g/mol. The van der Waals surface area contributed by atoms with E-state index in [9.17, 15) is 0 Å². The molecule has 2 rings (SSSR count). The summed E-state index contributed by atoms with van der Waals surface area (Å²) in [6.45, 7) is 2.13. The van der Waals surface area contributed by atoms with E-state index in [4.69, 9.17) is 0 Å². The minimum atomic E-state index is 0.498. The molecule has 1 atom stereocenters. The molecule has 0 fully saturated rings. The van der Waals surface area contributed by atoms with Crippen molar-refractivity contribution >= 4 is 27.7 Å². The van der Waals surface area contributed by atoms with Crippen molar-refractivity contribution in [2.75, 3.05) is 0 Å². The molecular weight excluding hydrogens is 208 g/mol. The van der Waals surface area contributed by atoms with Gasteiger partial charge in [0.1, 0.15) is 0 Å². The zero-order chi connectivity index (χ0) is 7.14. The van der Waals surface area contributed by atoms with Crippen molar-refractivity contribution in [3.8, 4) is 0 Å². The lowest BCUT2D eigenvalue weighted by Gasteiger charge is -1.92. The maximum atomic E-state index is 3.53. The Morgan fingerprint density at radius 3 is 3.00 bits per heavy atom. The molecule has 10 heavy (non-hydrogen) atoms. The van der Waals surface area contributed by atoms with Crippen molar-refractivity contribution in [1.29, 1.82) is 0 Å². The highest BCUT2D eigenvalue weighted by Crippen LogP contribution is 2.44. The average molecular weight is 215 g/mol. The molecule has 1 aliphatic heterocycles. The summed E-state index contributed by atoms with van der Waals surface area (Å²) in [4.78, 5) is 1.42. The van der Waals surface area contributed by atoms with Crippen LogP contribution in [0, 0.1) is 0 Å². The first-order valence-electron chi connectivity index (χ1n) is 3.18. The first-order chi connectivity index (χ1) is 4.75. The molecule has 0 saturated carbocycles. The Kier molecular flexibility index (Phi) is 1.53. The van der Waals surface area contributed by atoms with Crippen LogP contribution in [-0.4, -0.2) is 4.16 Å². The molecule has 0 spiro atoms. The van der Waals surface area contributed by atoms with E-state index < -0.39 is 0 Å². The van der Waals surface area contributed by atoms with E-state index in [-0.39, 0.29) is 0 Å². The van der Waals surface area contributed by atoms with Gasteiger partial charge in [0.15, 0.2) is 0 Å². The van der Waals surface area contributed by atoms with Gasteiger partial charge in [-0.15, -0.1) is 11.8 Å². The van der Waals surface area contributed by atoms with Crippen LogP contribution in [0.2, 0.25) is 0 Å². The van der Waals surface area contributed by atoms with E-state index in [0.717, 1.165) is 0 Å². The van der Waals surface area contributed by atoms with Gasteiger partial charge in [-0.3, -0.25) is 0 Å². The van der Waals surface area contributed by atoms with E-state index in [1.54, 1.807) is 0 Å². The van der Waals surface area contributed by atoms with Gasteiger partial charge in [-0.05, 0) is 24.1 Å². The number of rotatable bonds is 0. The summed E-state index contributed by atoms with van der Waals surface area (Å²) >= 11 is 5.40. The highest BCUT2D eigenvalue weighted by Gasteiger charge is 2.20. The van der Waals surface area contributed by atoms with Crippen molar-refractivity contribution in [3.05, 3.63) is 34.3 Å². The molecule has 0 bridgehead atoms. The minimum absolute atomic E-state index is 0.498. The van der Waals surface area contributed by atoms with Gasteiger partial charge in [-0.1, -0.05) is 28.1 Å². The van der Waals surface area contributed by atoms with Crippen LogP contribution in [0.25, 0.3) is 0 Å². The van der Waals surface area contributed by atoms with Crippen LogP contribution in [0.15, 0.2) is 34.3 Å². The number of hydrogen-bond donors (Lipinski definition) is 0. The first kappa shape index (κ1) is 6.74. The lowest BCUT2D eigenvalue weighted by molar-refractivity contribution is 1.55. The second-order valence-corrected chi connectivity index (χ2v) is 5.26. The van der Waals surface area contributed by atoms with E-state index in [1.807, 2.05) is 11.8 Å². The normalized spacial score (nSPS) is 29.4. The largest absolute Gasteiger partial charge is 0.106 e. The number of hydrogen-bond acceptors (Lipinski definition) is 1. The quantitative estimate of drug-likeness (QED) is 0.559. The van der Waals surface area contributed by atoms with Crippen LogP contribution in [0.4, 0.5) is 0 Å². The van der Waals surface area contributed by atoms with Crippen LogP contribution in [-0.2, 0) is 0 Å². The minimum Gasteiger partial charge on any atom is -0.106 e. The number of allylic oxidation sites excluding steroid dienone is 4. The van der Waals surface area contributed by atoms with Gasteiger partial charge in [-0.2, -0.15) is 0 Å². The molecule has 1 aliphatic carbocycles. The van der Waals surface area contributed by atoms with Gasteiger partial charge in [-0.25, -0.2) is 0 Å². The standard InChI is InChI=1S/C8H7BrS/c1-5-2-6-4-8(9)10-7(6)3-5/h2-4,8H,1H3. The Balaban J connectivity index is 2.39. The van der Waals surface area contributed by atoms with Gasteiger partial charge in [0, 0.05) is 4.91 Å². The summed E-state index contributed by atoms with van der Waals surface area (Å²) in [6, 6.07) is 0. The number of thioether (sulfide) groups is 1. The highest BCUT2D eigenvalue weighted by molar-refractivity contribution is 9.11. The number of halogens is 1. The van der Waals surface area contributed by atoms with Crippen LogP contribution in [0.5, 0.6) is 0 Å². The molecule has 0 amide bonds. The summed E-state index contributed by atoms with van der Waals surface area (Å²) in [6.07, 6.45) is 6.70. The van der Waals surface area contributed by atoms with Crippen LogP contribution in [0.3, 0.4) is 0 Å². The van der Waals surface area contributed by atoms with Crippen LogP contribution >= 0.6 is 27.7 Å². The number of fused-ring (bicyclic) bond motifs is 1. The second-order valence-electron chi connectivity index (χ2n) is 2.49. The van der Waals surface area contributed by atoms with Crippen molar-refractivity contribution < 1.29 is 0 Å². The van der Waals surface area contributed by atoms with Crippen molar-refractivity contribution in [2.45, 2.75) is 11.1 Å². The van der Waals surface area contributed by atoms with E-state index in [1.165, 1.54) is 16.1 Å². The third-order valence-corrected chi connectivity index (χ3v) is 3.37. The molecule has 2 heteroatoms. The van der Waals surface area contributed by atoms with Crippen molar-refractivity contribution in [2.24, 2.45) is 0 Å². The van der Waals surface area contributed by atoms with Crippen LogP contribution in [0.1, 0.15) is 6.92 Å². The zero-order valence-electron chi connectivity index (χ0n) is 5.60. The molecule has 0 saturated heterocycles. The molecule has 52 valence electrons. The molecule has 1 heterocycles. The molecule has 1 unspecified atom stereocenters. The van der Waals surface area contributed by atoms with E-state index >= 15 is 0 Å². The summed E-state index contributed by atoms with van der Waals surface area (Å²) in [5.41, 5.74) is 2.76. The van der Waals surface area contributed by atoms with Crippen molar-refractivity contribution in [3.63, 3.8) is 0 Å². The first-order valence-corrected chi connectivity index (χ1v) is 4.98. The Bertz CT molecular complexity index is 260. The number of alkyl halides is 1. The summed E-state index contributed by atoms with van der Waals surface area (Å²) in [5, 5.41) is 0. The highest BCUT2D eigenvalue weighted by atomic mass is 79.9. The second kappa shape index (κ2) is 2.28. The van der Waals surface area contributed by atoms with E-state index in [2.05, 4.69) is 41.1 Å². The predicted octanol–water partition coefficient (Wildman–Crippen LogP) is 3.22. The topological polar surface area (TPSA) is 0 Å². The maximum Gasteiger partial charge on any atom is 0.0836 e. The predicted molar refractivity (Wildman–Crippen MR) is 50.2 cm³/mol. The Morgan fingerprint density at radius 2 is 2.30 bits per heavy atom. The lowest BCUT2D eigenvalue weighted by atomic mass is 10.3. The summed E-state index contributed by atoms with van der Waals surface area (Å²) in [5.74, 6) is 0. The van der Waals surface area contributed by atoms with Gasteiger partial charge in [0.2, 0.25) is 0 Å². The molecule has 0 nitrogen and oxygen atoms in total.